The molecule has 0 radical (unpaired) electrons. The summed E-state index contributed by atoms with van der Waals surface area (Å²) in [6, 6.07) is 0. The van der Waals surface area contributed by atoms with Gasteiger partial charge in [0.2, 0.25) is 0 Å². The Morgan fingerprint density at radius 3 is 2.33 bits per heavy atom. The predicted molar refractivity (Wildman–Crippen MR) is 58.8 cm³/mol. The van der Waals surface area contributed by atoms with Crippen LogP contribution in [0.2, 0.25) is 0 Å². The highest BCUT2D eigenvalue weighted by molar-refractivity contribution is 9.09. The molecule has 1 heteroatoms. The first-order valence-corrected chi connectivity index (χ1v) is 6.51. The predicted octanol–water partition coefficient (Wildman–Crippen LogP) is 4.52. The minimum Gasteiger partial charge on any atom is -0.0928 e. The third-order valence-corrected chi connectivity index (χ3v) is 4.07. The average Bonchev–Trinajstić information content (AvgIpc) is 2.02. The molecule has 72 valence electrons. The van der Waals surface area contributed by atoms with Crippen LogP contribution in [0.4, 0.5) is 0 Å². The van der Waals surface area contributed by atoms with Gasteiger partial charge in [-0.15, -0.1) is 0 Å². The Morgan fingerprint density at radius 2 is 1.92 bits per heavy atom. The van der Waals surface area contributed by atoms with Crippen molar-refractivity contribution >= 4 is 15.9 Å². The first kappa shape index (κ1) is 10.6. The summed E-state index contributed by atoms with van der Waals surface area (Å²) in [6.45, 7) is 2.36. The topological polar surface area (TPSA) is 0 Å². The number of unbranched alkanes of at least 4 members (excludes halogenated alkanes) is 2. The lowest BCUT2D eigenvalue weighted by atomic mass is 9.64. The molecule has 0 spiro atoms. The summed E-state index contributed by atoms with van der Waals surface area (Å²) in [7, 11) is 0. The standard InChI is InChI=1S/C11H21Br/c1-2-11(8-6-9-11)7-4-3-5-10-12/h2-10H2,1H3. The number of rotatable bonds is 6. The van der Waals surface area contributed by atoms with Gasteiger partial charge in [-0.3, -0.25) is 0 Å². The lowest BCUT2D eigenvalue weighted by molar-refractivity contribution is 0.109. The van der Waals surface area contributed by atoms with Crippen molar-refractivity contribution in [2.24, 2.45) is 5.41 Å². The van der Waals surface area contributed by atoms with Crippen molar-refractivity contribution < 1.29 is 0 Å². The molecule has 0 bridgehead atoms. The smallest absolute Gasteiger partial charge is 0.00313 e. The molecule has 0 N–H and O–H groups in total. The van der Waals surface area contributed by atoms with Crippen molar-refractivity contribution in [2.45, 2.75) is 58.3 Å². The molecule has 1 aliphatic carbocycles. The molecule has 0 aromatic carbocycles. The van der Waals surface area contributed by atoms with Crippen molar-refractivity contribution in [2.75, 3.05) is 5.33 Å². The summed E-state index contributed by atoms with van der Waals surface area (Å²) in [5.41, 5.74) is 0.798. The number of hydrogen-bond acceptors (Lipinski definition) is 0. The molecule has 0 amide bonds. The van der Waals surface area contributed by atoms with Gasteiger partial charge >= 0.3 is 0 Å². The summed E-state index contributed by atoms with van der Waals surface area (Å²) < 4.78 is 0. The van der Waals surface area contributed by atoms with Crippen LogP contribution in [-0.4, -0.2) is 5.33 Å². The molecule has 0 saturated heterocycles. The van der Waals surface area contributed by atoms with Crippen LogP contribution >= 0.6 is 15.9 Å². The van der Waals surface area contributed by atoms with Gasteiger partial charge in [-0.2, -0.15) is 0 Å². The quantitative estimate of drug-likeness (QED) is 0.467. The van der Waals surface area contributed by atoms with E-state index in [1.807, 2.05) is 0 Å². The monoisotopic (exact) mass is 232 g/mol. The van der Waals surface area contributed by atoms with E-state index in [0.29, 0.717) is 0 Å². The second kappa shape index (κ2) is 5.26. The van der Waals surface area contributed by atoms with Crippen LogP contribution in [0.3, 0.4) is 0 Å². The minimum atomic E-state index is 0.798. The Kier molecular flexibility index (Phi) is 4.63. The molecule has 1 saturated carbocycles. The molecular formula is C11H21Br. The molecule has 0 nitrogen and oxygen atoms in total. The van der Waals surface area contributed by atoms with Crippen molar-refractivity contribution in [1.29, 1.82) is 0 Å². The Labute approximate surface area is 85.3 Å². The third kappa shape index (κ3) is 2.76. The van der Waals surface area contributed by atoms with E-state index in [-0.39, 0.29) is 0 Å². The molecule has 0 atom stereocenters. The zero-order valence-electron chi connectivity index (χ0n) is 8.24. The van der Waals surface area contributed by atoms with Gasteiger partial charge in [0.1, 0.15) is 0 Å². The zero-order chi connectivity index (χ0) is 8.86. The zero-order valence-corrected chi connectivity index (χ0v) is 9.83. The van der Waals surface area contributed by atoms with Gasteiger partial charge in [-0.05, 0) is 31.1 Å². The Hall–Kier alpha value is 0.480. The number of hydrogen-bond donors (Lipinski definition) is 0. The van der Waals surface area contributed by atoms with Crippen LogP contribution < -0.4 is 0 Å². The van der Waals surface area contributed by atoms with E-state index in [4.69, 9.17) is 0 Å². The van der Waals surface area contributed by atoms with Crippen LogP contribution in [0.1, 0.15) is 58.3 Å². The van der Waals surface area contributed by atoms with Crippen LogP contribution in [-0.2, 0) is 0 Å². The highest BCUT2D eigenvalue weighted by atomic mass is 79.9. The van der Waals surface area contributed by atoms with Gasteiger partial charge in [0.15, 0.2) is 0 Å². The Balaban J connectivity index is 2.04. The molecule has 0 heterocycles. The van der Waals surface area contributed by atoms with E-state index in [1.165, 1.54) is 56.7 Å². The Bertz CT molecular complexity index is 111. The summed E-state index contributed by atoms with van der Waals surface area (Å²) in [5.74, 6) is 0. The Morgan fingerprint density at radius 1 is 1.17 bits per heavy atom. The summed E-state index contributed by atoms with van der Waals surface area (Å²) in [5, 5.41) is 1.19. The van der Waals surface area contributed by atoms with Crippen LogP contribution in [0, 0.1) is 5.41 Å². The van der Waals surface area contributed by atoms with Crippen LogP contribution in [0.25, 0.3) is 0 Å². The molecule has 1 aliphatic rings. The summed E-state index contributed by atoms with van der Waals surface area (Å²) >= 11 is 3.48. The van der Waals surface area contributed by atoms with Crippen LogP contribution in [0.5, 0.6) is 0 Å². The van der Waals surface area contributed by atoms with E-state index < -0.39 is 0 Å². The maximum atomic E-state index is 3.48. The largest absolute Gasteiger partial charge is 0.0928 e. The van der Waals surface area contributed by atoms with E-state index in [0.717, 1.165) is 5.41 Å². The molecule has 12 heavy (non-hydrogen) atoms. The first-order chi connectivity index (χ1) is 5.83. The fourth-order valence-corrected chi connectivity index (χ4v) is 2.62. The second-order valence-electron chi connectivity index (χ2n) is 4.21. The summed E-state index contributed by atoms with van der Waals surface area (Å²) in [4.78, 5) is 0. The minimum absolute atomic E-state index is 0.798. The van der Waals surface area contributed by atoms with E-state index in [1.54, 1.807) is 0 Å². The van der Waals surface area contributed by atoms with E-state index in [9.17, 15) is 0 Å². The maximum absolute atomic E-state index is 3.48. The van der Waals surface area contributed by atoms with Crippen molar-refractivity contribution in [3.63, 3.8) is 0 Å². The maximum Gasteiger partial charge on any atom is 0.00313 e. The fourth-order valence-electron chi connectivity index (χ4n) is 2.23. The SMILES string of the molecule is CCC1(CCCCCBr)CCC1. The van der Waals surface area contributed by atoms with E-state index in [2.05, 4.69) is 22.9 Å². The lowest BCUT2D eigenvalue weighted by Gasteiger charge is -2.41. The number of alkyl halides is 1. The highest BCUT2D eigenvalue weighted by Gasteiger charge is 2.33. The average molecular weight is 233 g/mol. The van der Waals surface area contributed by atoms with Gasteiger partial charge in [-0.1, -0.05) is 48.5 Å². The van der Waals surface area contributed by atoms with Gasteiger partial charge in [-0.25, -0.2) is 0 Å². The first-order valence-electron chi connectivity index (χ1n) is 5.39. The fraction of sp³-hybridized carbons (Fsp3) is 1.00. The van der Waals surface area contributed by atoms with Gasteiger partial charge in [0.25, 0.3) is 0 Å². The molecular weight excluding hydrogens is 212 g/mol. The normalized spacial score (nSPS) is 20.5. The number of halogens is 1. The molecule has 1 fully saturated rings. The lowest BCUT2D eigenvalue weighted by Crippen LogP contribution is -2.28. The van der Waals surface area contributed by atoms with Gasteiger partial charge in [0.05, 0.1) is 0 Å². The van der Waals surface area contributed by atoms with Gasteiger partial charge in [0, 0.05) is 5.33 Å². The summed E-state index contributed by atoms with van der Waals surface area (Å²) in [6.07, 6.45) is 11.7. The van der Waals surface area contributed by atoms with Crippen molar-refractivity contribution in [3.05, 3.63) is 0 Å². The molecule has 0 aromatic heterocycles. The van der Waals surface area contributed by atoms with Crippen molar-refractivity contribution in [3.8, 4) is 0 Å². The molecule has 0 unspecified atom stereocenters. The molecule has 1 rings (SSSR count). The van der Waals surface area contributed by atoms with E-state index >= 15 is 0 Å². The van der Waals surface area contributed by atoms with Gasteiger partial charge < -0.3 is 0 Å². The highest BCUT2D eigenvalue weighted by Crippen LogP contribution is 2.47. The third-order valence-electron chi connectivity index (χ3n) is 3.50. The molecule has 0 aliphatic heterocycles. The van der Waals surface area contributed by atoms with Crippen LogP contribution in [0.15, 0.2) is 0 Å². The molecule has 0 aromatic rings. The second-order valence-corrected chi connectivity index (χ2v) is 5.00. The van der Waals surface area contributed by atoms with Crippen molar-refractivity contribution in [1.82, 2.24) is 0 Å².